The third kappa shape index (κ3) is 2.77. The monoisotopic (exact) mass is 277 g/mol. The van der Waals surface area contributed by atoms with Crippen molar-refractivity contribution in [2.24, 2.45) is 0 Å². The number of rotatable bonds is 3. The van der Waals surface area contributed by atoms with Crippen LogP contribution in [0.4, 0.5) is 0 Å². The topological polar surface area (TPSA) is 68.7 Å². The average Bonchev–Trinajstić information content (AvgIpc) is 2.87. The van der Waals surface area contributed by atoms with Crippen LogP contribution in [0.3, 0.4) is 0 Å². The van der Waals surface area contributed by atoms with E-state index in [1.165, 1.54) is 25.1 Å². The van der Waals surface area contributed by atoms with E-state index in [4.69, 9.17) is 14.6 Å². The van der Waals surface area contributed by atoms with E-state index in [-0.39, 0.29) is 17.3 Å². The first-order valence-electron chi connectivity index (χ1n) is 7.16. The van der Waals surface area contributed by atoms with E-state index in [0.29, 0.717) is 5.75 Å². The zero-order valence-corrected chi connectivity index (χ0v) is 11.4. The molecule has 20 heavy (non-hydrogen) atoms. The Hall–Kier alpha value is -1.62. The fourth-order valence-electron chi connectivity index (χ4n) is 3.24. The predicted octanol–water partition coefficient (Wildman–Crippen LogP) is 2.65. The molecule has 1 aliphatic carbocycles. The Morgan fingerprint density at radius 3 is 2.95 bits per heavy atom. The number of carboxylic acids is 1. The number of aromatic carboxylic acids is 1. The van der Waals surface area contributed by atoms with Crippen LogP contribution in [0.15, 0.2) is 18.5 Å². The van der Waals surface area contributed by atoms with Crippen molar-refractivity contribution >= 4 is 5.97 Å². The Kier molecular flexibility index (Phi) is 3.61. The summed E-state index contributed by atoms with van der Waals surface area (Å²) in [4.78, 5) is 14.9. The van der Waals surface area contributed by atoms with Crippen molar-refractivity contribution in [3.8, 4) is 5.75 Å². The number of nitrogens with zero attached hydrogens (tertiary/aromatic N) is 1. The van der Waals surface area contributed by atoms with Crippen LogP contribution < -0.4 is 4.74 Å². The molecule has 0 amide bonds. The summed E-state index contributed by atoms with van der Waals surface area (Å²) >= 11 is 0. The molecule has 5 heteroatoms. The Bertz CT molecular complexity index is 496. The third-order valence-electron chi connectivity index (χ3n) is 4.23. The van der Waals surface area contributed by atoms with Gasteiger partial charge in [0.05, 0.1) is 24.0 Å². The van der Waals surface area contributed by atoms with Crippen LogP contribution in [0.25, 0.3) is 0 Å². The second-order valence-electron chi connectivity index (χ2n) is 5.69. The molecule has 0 bridgehead atoms. The highest BCUT2D eigenvalue weighted by Gasteiger charge is 2.40. The first kappa shape index (κ1) is 13.4. The Balaban J connectivity index is 1.68. The van der Waals surface area contributed by atoms with Gasteiger partial charge >= 0.3 is 5.97 Å². The number of carbonyl (C=O) groups is 1. The van der Waals surface area contributed by atoms with Crippen molar-refractivity contribution in [1.29, 1.82) is 0 Å². The molecule has 2 aliphatic rings. The number of hydrogen-bond acceptors (Lipinski definition) is 4. The van der Waals surface area contributed by atoms with E-state index >= 15 is 0 Å². The largest absolute Gasteiger partial charge is 0.489 e. The van der Waals surface area contributed by atoms with Gasteiger partial charge in [0.15, 0.2) is 0 Å². The highest BCUT2D eigenvalue weighted by molar-refractivity contribution is 5.87. The molecule has 3 rings (SSSR count). The summed E-state index contributed by atoms with van der Waals surface area (Å²) in [6, 6.07) is 1.53. The van der Waals surface area contributed by atoms with Gasteiger partial charge in [0.25, 0.3) is 0 Å². The van der Waals surface area contributed by atoms with Gasteiger partial charge in [0.2, 0.25) is 0 Å². The van der Waals surface area contributed by atoms with Crippen LogP contribution in [-0.4, -0.2) is 34.4 Å². The molecule has 0 radical (unpaired) electrons. The summed E-state index contributed by atoms with van der Waals surface area (Å²) < 4.78 is 11.9. The molecule has 108 valence electrons. The number of pyridine rings is 1. The van der Waals surface area contributed by atoms with Gasteiger partial charge in [-0.3, -0.25) is 4.98 Å². The summed E-state index contributed by atoms with van der Waals surface area (Å²) in [5.41, 5.74) is 0.158. The highest BCUT2D eigenvalue weighted by atomic mass is 16.5. The molecule has 1 aromatic rings. The zero-order chi connectivity index (χ0) is 14.0. The lowest BCUT2D eigenvalue weighted by molar-refractivity contribution is -0.108. The normalized spacial score (nSPS) is 24.7. The number of hydrogen-bond donors (Lipinski definition) is 1. The number of ether oxygens (including phenoxy) is 2. The van der Waals surface area contributed by atoms with Gasteiger partial charge < -0.3 is 14.6 Å². The molecule has 1 spiro atoms. The maximum absolute atomic E-state index is 10.9. The van der Waals surface area contributed by atoms with Crippen LogP contribution in [0, 0.1) is 0 Å². The maximum atomic E-state index is 10.9. The van der Waals surface area contributed by atoms with Gasteiger partial charge in [-0.1, -0.05) is 12.8 Å². The van der Waals surface area contributed by atoms with E-state index < -0.39 is 5.97 Å². The van der Waals surface area contributed by atoms with Gasteiger partial charge in [-0.05, 0) is 18.9 Å². The molecule has 1 unspecified atom stereocenters. The van der Waals surface area contributed by atoms with E-state index in [0.717, 1.165) is 32.3 Å². The minimum atomic E-state index is -0.984. The molecule has 1 aliphatic heterocycles. The lowest BCUT2D eigenvalue weighted by atomic mass is 9.90. The smallest absolute Gasteiger partial charge is 0.337 e. The Morgan fingerprint density at radius 2 is 2.20 bits per heavy atom. The molecule has 1 N–H and O–H groups in total. The van der Waals surface area contributed by atoms with Crippen molar-refractivity contribution in [3.05, 3.63) is 24.0 Å². The minimum Gasteiger partial charge on any atom is -0.489 e. The number of carboxylic acid groups (broad SMARTS) is 1. The lowest BCUT2D eigenvalue weighted by Gasteiger charge is -2.38. The number of aromatic nitrogens is 1. The molecule has 5 nitrogen and oxygen atoms in total. The summed E-state index contributed by atoms with van der Waals surface area (Å²) in [6.07, 6.45) is 9.41. The summed E-state index contributed by atoms with van der Waals surface area (Å²) in [5.74, 6) is -0.452. The first-order chi connectivity index (χ1) is 9.67. The van der Waals surface area contributed by atoms with Crippen molar-refractivity contribution < 1.29 is 19.4 Å². The zero-order valence-electron chi connectivity index (χ0n) is 11.4. The average molecular weight is 277 g/mol. The van der Waals surface area contributed by atoms with E-state index in [2.05, 4.69) is 4.98 Å². The van der Waals surface area contributed by atoms with Crippen molar-refractivity contribution in [2.45, 2.75) is 50.2 Å². The van der Waals surface area contributed by atoms with Crippen LogP contribution in [0.1, 0.15) is 48.9 Å². The van der Waals surface area contributed by atoms with Crippen LogP contribution in [0.5, 0.6) is 5.75 Å². The van der Waals surface area contributed by atoms with Gasteiger partial charge in [-0.15, -0.1) is 0 Å². The molecule has 2 fully saturated rings. The quantitative estimate of drug-likeness (QED) is 0.919. The lowest BCUT2D eigenvalue weighted by Crippen LogP contribution is -2.41. The second-order valence-corrected chi connectivity index (χ2v) is 5.69. The van der Waals surface area contributed by atoms with Crippen molar-refractivity contribution in [1.82, 2.24) is 4.98 Å². The van der Waals surface area contributed by atoms with Gasteiger partial charge in [0, 0.05) is 19.0 Å². The summed E-state index contributed by atoms with van der Waals surface area (Å²) in [6.45, 7) is 0.719. The standard InChI is InChI=1S/C15H19NO4/c17-14(18)11-7-13(10-16-9-11)20-12-3-6-19-15(8-12)4-1-2-5-15/h7,9-10,12H,1-6,8H2,(H,17,18). The minimum absolute atomic E-state index is 0.000748. The molecule has 0 aromatic carbocycles. The molecule has 1 aromatic heterocycles. The fraction of sp³-hybridized carbons (Fsp3) is 0.600. The third-order valence-corrected chi connectivity index (χ3v) is 4.23. The van der Waals surface area contributed by atoms with Gasteiger partial charge in [0.1, 0.15) is 11.9 Å². The fourth-order valence-corrected chi connectivity index (χ4v) is 3.24. The van der Waals surface area contributed by atoms with E-state index in [9.17, 15) is 4.79 Å². The predicted molar refractivity (Wildman–Crippen MR) is 72.0 cm³/mol. The summed E-state index contributed by atoms with van der Waals surface area (Å²) in [7, 11) is 0. The molecule has 1 saturated heterocycles. The summed E-state index contributed by atoms with van der Waals surface area (Å²) in [5, 5.41) is 8.97. The Labute approximate surface area is 117 Å². The molecule has 1 saturated carbocycles. The molecular formula is C15H19NO4. The highest BCUT2D eigenvalue weighted by Crippen LogP contribution is 2.40. The van der Waals surface area contributed by atoms with E-state index in [1.54, 1.807) is 6.20 Å². The van der Waals surface area contributed by atoms with Gasteiger partial charge in [-0.25, -0.2) is 4.79 Å². The van der Waals surface area contributed by atoms with Crippen LogP contribution in [-0.2, 0) is 4.74 Å². The van der Waals surface area contributed by atoms with Crippen LogP contribution in [0.2, 0.25) is 0 Å². The van der Waals surface area contributed by atoms with Crippen molar-refractivity contribution in [2.75, 3.05) is 6.61 Å². The first-order valence-corrected chi connectivity index (χ1v) is 7.16. The SMILES string of the molecule is O=C(O)c1cncc(OC2CCOC3(CCCC3)C2)c1. The molecular weight excluding hydrogens is 258 g/mol. The molecule has 1 atom stereocenters. The van der Waals surface area contributed by atoms with E-state index in [1.807, 2.05) is 0 Å². The Morgan fingerprint density at radius 1 is 1.40 bits per heavy atom. The second kappa shape index (κ2) is 5.40. The van der Waals surface area contributed by atoms with Crippen molar-refractivity contribution in [3.63, 3.8) is 0 Å². The molecule has 2 heterocycles. The van der Waals surface area contributed by atoms with Gasteiger partial charge in [-0.2, -0.15) is 0 Å². The maximum Gasteiger partial charge on any atom is 0.337 e. The van der Waals surface area contributed by atoms with Crippen LogP contribution >= 0.6 is 0 Å².